The number of carboxylic acids is 1. The van der Waals surface area contributed by atoms with Gasteiger partial charge in [-0.2, -0.15) is 0 Å². The molecular formula is C31H50O13. The Kier molecular flexibility index (Phi) is 9.94. The summed E-state index contributed by atoms with van der Waals surface area (Å²) in [5, 5.41) is 73.3. The Hall–Kier alpha value is -0.970. The Morgan fingerprint density at radius 2 is 1.34 bits per heavy atom. The normalized spacial score (nSPS) is 51.3. The quantitative estimate of drug-likeness (QED) is 0.171. The lowest BCUT2D eigenvalue weighted by molar-refractivity contribution is -0.345. The summed E-state index contributed by atoms with van der Waals surface area (Å²) in [5.74, 6) is 0.703. The summed E-state index contributed by atoms with van der Waals surface area (Å²) in [6, 6.07) is 0. The van der Waals surface area contributed by atoms with E-state index in [-0.39, 0.29) is 5.41 Å². The highest BCUT2D eigenvalue weighted by atomic mass is 16.7. The molecule has 0 spiro atoms. The van der Waals surface area contributed by atoms with Gasteiger partial charge in [0.1, 0.15) is 42.7 Å². The lowest BCUT2D eigenvalue weighted by Crippen LogP contribution is -2.62. The summed E-state index contributed by atoms with van der Waals surface area (Å²) < 4.78 is 29.7. The molecule has 0 aromatic heterocycles. The summed E-state index contributed by atoms with van der Waals surface area (Å²) in [5.41, 5.74) is -0.120. The van der Waals surface area contributed by atoms with Crippen LogP contribution in [0.3, 0.4) is 0 Å². The zero-order valence-corrected chi connectivity index (χ0v) is 25.3. The molecule has 7 rings (SSSR count). The van der Waals surface area contributed by atoms with Gasteiger partial charge < -0.3 is 59.4 Å². The molecule has 7 fully saturated rings. The van der Waals surface area contributed by atoms with E-state index in [1.165, 1.54) is 19.3 Å². The second-order valence-corrected chi connectivity index (χ2v) is 14.6. The summed E-state index contributed by atoms with van der Waals surface area (Å²) >= 11 is 0. The minimum atomic E-state index is -1.57. The molecule has 2 heterocycles. The molecule has 2 saturated heterocycles. The van der Waals surface area contributed by atoms with E-state index in [1.807, 2.05) is 0 Å². The predicted molar refractivity (Wildman–Crippen MR) is 150 cm³/mol. The molecule has 7 N–H and O–H groups in total. The van der Waals surface area contributed by atoms with Gasteiger partial charge in [0.05, 0.1) is 24.9 Å². The third-order valence-corrected chi connectivity index (χ3v) is 11.3. The number of aliphatic carboxylic acids is 1. The minimum Gasteiger partial charge on any atom is -0.479 e. The van der Waals surface area contributed by atoms with Gasteiger partial charge in [0.25, 0.3) is 0 Å². The summed E-state index contributed by atoms with van der Waals surface area (Å²) in [4.78, 5) is 12.5. The van der Waals surface area contributed by atoms with Crippen molar-refractivity contribution >= 4 is 5.97 Å². The average Bonchev–Trinajstić information content (AvgIpc) is 2.97. The number of aliphatic hydroxyl groups is 6. The highest BCUT2D eigenvalue weighted by Gasteiger charge is 2.54. The third kappa shape index (κ3) is 6.57. The van der Waals surface area contributed by atoms with Gasteiger partial charge in [-0.3, -0.25) is 0 Å². The predicted octanol–water partition coefficient (Wildman–Crippen LogP) is 0.0422. The van der Waals surface area contributed by atoms with Crippen LogP contribution in [0.25, 0.3) is 0 Å². The van der Waals surface area contributed by atoms with E-state index in [4.69, 9.17) is 23.7 Å². The Morgan fingerprint density at radius 1 is 0.795 bits per heavy atom. The van der Waals surface area contributed by atoms with Crippen molar-refractivity contribution in [3.05, 3.63) is 0 Å². The van der Waals surface area contributed by atoms with Crippen molar-refractivity contribution in [1.82, 2.24) is 0 Å². The van der Waals surface area contributed by atoms with E-state index in [2.05, 4.69) is 0 Å². The fourth-order valence-electron chi connectivity index (χ4n) is 9.49. The van der Waals surface area contributed by atoms with Crippen LogP contribution in [0.5, 0.6) is 0 Å². The van der Waals surface area contributed by atoms with Crippen LogP contribution < -0.4 is 0 Å². The van der Waals surface area contributed by atoms with Gasteiger partial charge in [0.15, 0.2) is 18.7 Å². The van der Waals surface area contributed by atoms with Crippen molar-refractivity contribution in [3.8, 4) is 0 Å². The molecule has 2 aliphatic heterocycles. The van der Waals surface area contributed by atoms with Gasteiger partial charge in [-0.05, 0) is 87.9 Å². The van der Waals surface area contributed by atoms with Crippen molar-refractivity contribution in [3.63, 3.8) is 0 Å². The molecule has 0 unspecified atom stereocenters. The molecule has 4 bridgehead atoms. The Balaban J connectivity index is 1.14. The highest BCUT2D eigenvalue weighted by molar-refractivity contribution is 5.72. The molecule has 252 valence electrons. The first kappa shape index (κ1) is 33.0. The molecule has 5 aliphatic carbocycles. The van der Waals surface area contributed by atoms with E-state index >= 15 is 0 Å². The maximum absolute atomic E-state index is 12.5. The van der Waals surface area contributed by atoms with E-state index in [0.29, 0.717) is 37.0 Å². The molecule has 0 amide bonds. The minimum absolute atomic E-state index is 0.120. The topological polar surface area (TPSA) is 205 Å². The molecule has 0 aromatic rings. The molecule has 13 atom stereocenters. The van der Waals surface area contributed by atoms with Crippen LogP contribution in [0.2, 0.25) is 0 Å². The van der Waals surface area contributed by atoms with Gasteiger partial charge in [0.2, 0.25) is 0 Å². The largest absolute Gasteiger partial charge is 0.479 e. The van der Waals surface area contributed by atoms with Crippen molar-refractivity contribution in [2.24, 2.45) is 23.2 Å². The number of aliphatic hydroxyl groups excluding tert-OH is 6. The molecule has 44 heavy (non-hydrogen) atoms. The third-order valence-electron chi connectivity index (χ3n) is 11.3. The zero-order valence-electron chi connectivity index (χ0n) is 25.3. The van der Waals surface area contributed by atoms with Gasteiger partial charge in [0, 0.05) is 0 Å². The monoisotopic (exact) mass is 630 g/mol. The van der Waals surface area contributed by atoms with Crippen LogP contribution in [-0.2, 0) is 28.5 Å². The smallest absolute Gasteiger partial charge is 0.332 e. The number of rotatable bonds is 10. The fraction of sp³-hybridized carbons (Fsp3) is 0.968. The van der Waals surface area contributed by atoms with E-state index in [0.717, 1.165) is 32.1 Å². The molecule has 0 aromatic carbocycles. The standard InChI is InChI=1S/C31H50O13/c1-14-22(33)24(35)25(36)29(40-14)42-18-4-2-3-5-19(18)43-30-26(37)27(23(34)21(13-32)44-30)41-20(28(38)39)12-31-9-15-6-16(10-31)8-17(7-15)11-31/h14-27,29-30,32-37H,2-13H2,1H3,(H,38,39)/t14-,15?,16?,17?,18+,19+,20-,21+,22+,23-,24+,25-,26+,27-,29-,30+,31?/m0/s1. The van der Waals surface area contributed by atoms with E-state index < -0.39 is 92.3 Å². The summed E-state index contributed by atoms with van der Waals surface area (Å²) in [7, 11) is 0. The molecule has 13 nitrogen and oxygen atoms in total. The fourth-order valence-corrected chi connectivity index (χ4v) is 9.49. The molecular weight excluding hydrogens is 580 g/mol. The summed E-state index contributed by atoms with van der Waals surface area (Å²) in [6.45, 7) is 0.955. The van der Waals surface area contributed by atoms with E-state index in [9.17, 15) is 40.5 Å². The molecule has 0 radical (unpaired) electrons. The number of hydrogen-bond donors (Lipinski definition) is 7. The Labute approximate surface area is 257 Å². The van der Waals surface area contributed by atoms with Crippen LogP contribution >= 0.6 is 0 Å². The lowest BCUT2D eigenvalue weighted by Gasteiger charge is -2.57. The van der Waals surface area contributed by atoms with E-state index in [1.54, 1.807) is 6.92 Å². The van der Waals surface area contributed by atoms with Crippen LogP contribution in [0.1, 0.15) is 77.6 Å². The number of carboxylic acid groups (broad SMARTS) is 1. The van der Waals surface area contributed by atoms with Crippen molar-refractivity contribution in [2.75, 3.05) is 6.61 Å². The van der Waals surface area contributed by atoms with Crippen molar-refractivity contribution in [1.29, 1.82) is 0 Å². The first-order valence-electron chi connectivity index (χ1n) is 16.5. The highest BCUT2D eigenvalue weighted by Crippen LogP contribution is 2.61. The molecule has 13 heteroatoms. The maximum atomic E-state index is 12.5. The lowest BCUT2D eigenvalue weighted by atomic mass is 9.48. The van der Waals surface area contributed by atoms with Crippen molar-refractivity contribution < 1.29 is 64.2 Å². The molecule has 5 saturated carbocycles. The first-order chi connectivity index (χ1) is 21.0. The summed E-state index contributed by atoms with van der Waals surface area (Å²) in [6.07, 6.45) is -6.30. The SMILES string of the molecule is C[C@@H]1O[C@@H](O[C@@H]2CCCC[C@H]2O[C@@H]2O[C@H](CO)[C@H](O)[C@H](O[C@@H](CC34CC5CC(CC(C5)C3)C4)C(=O)O)[C@H]2O)[C@@H](O)[C@H](O)[C@@H]1O. The second-order valence-electron chi connectivity index (χ2n) is 14.6. The van der Waals surface area contributed by atoms with Gasteiger partial charge in [-0.15, -0.1) is 0 Å². The van der Waals surface area contributed by atoms with Crippen LogP contribution in [0.4, 0.5) is 0 Å². The Morgan fingerprint density at radius 3 is 1.86 bits per heavy atom. The molecule has 7 aliphatic rings. The second kappa shape index (κ2) is 13.3. The number of carbonyl (C=O) groups is 1. The maximum Gasteiger partial charge on any atom is 0.332 e. The number of hydrogen-bond acceptors (Lipinski definition) is 12. The number of ether oxygens (including phenoxy) is 5. The average molecular weight is 631 g/mol. The first-order valence-corrected chi connectivity index (χ1v) is 16.5. The van der Waals surface area contributed by atoms with Crippen LogP contribution in [-0.4, -0.2) is 128 Å². The van der Waals surface area contributed by atoms with Crippen molar-refractivity contribution in [2.45, 2.75) is 157 Å². The van der Waals surface area contributed by atoms with Crippen LogP contribution in [0.15, 0.2) is 0 Å². The zero-order chi connectivity index (χ0) is 31.3. The van der Waals surface area contributed by atoms with Gasteiger partial charge in [-0.25, -0.2) is 4.79 Å². The van der Waals surface area contributed by atoms with Crippen LogP contribution in [0, 0.1) is 23.2 Å². The van der Waals surface area contributed by atoms with Gasteiger partial charge in [-0.1, -0.05) is 12.8 Å². The van der Waals surface area contributed by atoms with Gasteiger partial charge >= 0.3 is 5.97 Å². The Bertz CT molecular complexity index is 960.